The van der Waals surface area contributed by atoms with Gasteiger partial charge in [-0.25, -0.2) is 0 Å². The molecule has 2 aromatic heterocycles. The molecule has 0 spiro atoms. The molecule has 5 heteroatoms. The Balaban J connectivity index is 1.26. The van der Waals surface area contributed by atoms with Crippen molar-refractivity contribution in [3.05, 3.63) is 173 Å². The minimum atomic E-state index is -0.0333. The molecule has 0 saturated heterocycles. The smallest absolute Gasteiger partial charge is 0.254 e. The number of hydrogen-bond donors (Lipinski definition) is 0. The van der Waals surface area contributed by atoms with Gasteiger partial charge in [0.05, 0.1) is 16.4 Å². The number of rotatable bonds is 4. The number of thiophene rings is 1. The van der Waals surface area contributed by atoms with Crippen molar-refractivity contribution < 1.29 is 4.42 Å². The third-order valence-corrected chi connectivity index (χ3v) is 15.1. The molecule has 2 aliphatic heterocycles. The lowest BCUT2D eigenvalue weighted by Crippen LogP contribution is -2.61. The van der Waals surface area contributed by atoms with E-state index in [1.807, 2.05) is 17.4 Å². The summed E-state index contributed by atoms with van der Waals surface area (Å²) in [6.45, 7) is 25.5. The van der Waals surface area contributed by atoms with Gasteiger partial charge in [0.15, 0.2) is 0 Å². The molecule has 7 aromatic carbocycles. The molecular weight excluding hydrogens is 808 g/mol. The third-order valence-electron chi connectivity index (χ3n) is 14.0. The molecule has 4 heterocycles. The highest BCUT2D eigenvalue weighted by molar-refractivity contribution is 7.26. The molecule has 11 rings (SSSR count). The molecule has 65 heavy (non-hydrogen) atoms. The Kier molecular flexibility index (Phi) is 9.31. The van der Waals surface area contributed by atoms with Crippen LogP contribution in [0.25, 0.3) is 43.5 Å². The summed E-state index contributed by atoms with van der Waals surface area (Å²) in [5.74, 6) is 0.871. The molecule has 9 aromatic rings. The molecule has 3 nitrogen and oxygen atoms in total. The predicted octanol–water partition coefficient (Wildman–Crippen LogP) is 15.6. The predicted molar refractivity (Wildman–Crippen MR) is 282 cm³/mol. The van der Waals surface area contributed by atoms with Crippen molar-refractivity contribution in [1.82, 2.24) is 0 Å². The Labute approximate surface area is 389 Å². The van der Waals surface area contributed by atoms with Gasteiger partial charge in [-0.15, -0.1) is 11.3 Å². The number of furan rings is 1. The van der Waals surface area contributed by atoms with Crippen LogP contribution >= 0.6 is 11.3 Å². The van der Waals surface area contributed by atoms with Crippen LogP contribution in [0.4, 0.5) is 33.4 Å². The van der Waals surface area contributed by atoms with Crippen molar-refractivity contribution in [2.24, 2.45) is 0 Å². The lowest BCUT2D eigenvalue weighted by atomic mass is 9.33. The van der Waals surface area contributed by atoms with Gasteiger partial charge in [0.2, 0.25) is 0 Å². The number of para-hydroxylation sites is 1. The van der Waals surface area contributed by atoms with Crippen LogP contribution in [0.1, 0.15) is 90.1 Å². The van der Waals surface area contributed by atoms with Gasteiger partial charge in [-0.2, -0.15) is 0 Å². The zero-order chi connectivity index (χ0) is 45.3. The Morgan fingerprint density at radius 2 is 1.14 bits per heavy atom. The van der Waals surface area contributed by atoms with Gasteiger partial charge in [-0.05, 0) is 134 Å². The SMILES string of the molecule is Cc1cc(C(C)(C)C)cc(C)c1N1c2cccc3c2B(c2ccc(-c4cc5ccccc5o4)cc2N3c2ccc(C(C)(C)C)cc2-c2ccccc2)c2c1sc1ccc(C(C)(C)C)cc21. The minimum absolute atomic E-state index is 0.00773. The number of benzene rings is 7. The first-order valence-electron chi connectivity index (χ1n) is 23.2. The highest BCUT2D eigenvalue weighted by Gasteiger charge is 2.46. The van der Waals surface area contributed by atoms with Crippen LogP contribution in [0.2, 0.25) is 0 Å². The highest BCUT2D eigenvalue weighted by Crippen LogP contribution is 2.51. The quantitative estimate of drug-likeness (QED) is 0.164. The molecule has 0 radical (unpaired) electrons. The Morgan fingerprint density at radius 1 is 0.492 bits per heavy atom. The number of fused-ring (bicyclic) bond motifs is 7. The Hall–Kier alpha value is -6.30. The molecule has 0 fully saturated rings. The van der Waals surface area contributed by atoms with Crippen LogP contribution in [0.5, 0.6) is 0 Å². The monoisotopic (exact) mass is 864 g/mol. The minimum Gasteiger partial charge on any atom is -0.456 e. The van der Waals surface area contributed by atoms with Gasteiger partial charge in [0.25, 0.3) is 6.71 Å². The number of hydrogen-bond acceptors (Lipinski definition) is 4. The second kappa shape index (κ2) is 14.6. The lowest BCUT2D eigenvalue weighted by Gasteiger charge is -2.44. The largest absolute Gasteiger partial charge is 0.456 e. The topological polar surface area (TPSA) is 19.6 Å². The summed E-state index contributed by atoms with van der Waals surface area (Å²) in [5, 5.41) is 3.75. The highest BCUT2D eigenvalue weighted by atomic mass is 32.1. The summed E-state index contributed by atoms with van der Waals surface area (Å²) in [5.41, 5.74) is 21.0. The summed E-state index contributed by atoms with van der Waals surface area (Å²) in [6, 6.07) is 54.9. The van der Waals surface area contributed by atoms with Crippen LogP contribution in [-0.2, 0) is 16.2 Å². The zero-order valence-electron chi connectivity index (χ0n) is 39.6. The first-order valence-corrected chi connectivity index (χ1v) is 24.0. The van der Waals surface area contributed by atoms with Crippen molar-refractivity contribution in [1.29, 1.82) is 0 Å². The van der Waals surface area contributed by atoms with E-state index >= 15 is 0 Å². The van der Waals surface area contributed by atoms with E-state index in [9.17, 15) is 0 Å². The van der Waals surface area contributed by atoms with Gasteiger partial charge >= 0.3 is 0 Å². The average Bonchev–Trinajstić information content (AvgIpc) is 3.88. The number of aryl methyl sites for hydroxylation is 2. The molecule has 0 atom stereocenters. The Bertz CT molecular complexity index is 3310. The summed E-state index contributed by atoms with van der Waals surface area (Å²) >= 11 is 1.94. The second-order valence-corrected chi connectivity index (χ2v) is 22.6. The van der Waals surface area contributed by atoms with E-state index in [-0.39, 0.29) is 23.0 Å². The van der Waals surface area contributed by atoms with Gasteiger partial charge in [-0.1, -0.05) is 159 Å². The summed E-state index contributed by atoms with van der Waals surface area (Å²) in [6.07, 6.45) is 0. The maximum absolute atomic E-state index is 6.62. The van der Waals surface area contributed by atoms with E-state index in [1.165, 1.54) is 93.2 Å². The molecule has 0 unspecified atom stereocenters. The zero-order valence-corrected chi connectivity index (χ0v) is 40.5. The fourth-order valence-corrected chi connectivity index (χ4v) is 11.7. The molecule has 2 aliphatic rings. The standard InChI is InChI=1S/C60H57BN2OS/c1-36-30-43(60(9,10)11)31-37(2)56(36)63-49-22-17-21-48-55(49)61(54-45-35-42(59(6,7)8)26-29-53(45)65-57(54)63)46-27-24-40(52-33-39-20-15-16-23-51(39)64-52)32-50(46)62(48)47-28-25-41(58(3,4)5)34-44(47)38-18-13-12-14-19-38/h12-35H,1-11H3. The molecule has 0 bridgehead atoms. The first kappa shape index (κ1) is 41.4. The maximum Gasteiger partial charge on any atom is 0.254 e. The van der Waals surface area contributed by atoms with Crippen molar-refractivity contribution >= 4 is 88.9 Å². The number of nitrogens with zero attached hydrogens (tertiary/aromatic N) is 2. The van der Waals surface area contributed by atoms with E-state index in [1.54, 1.807) is 0 Å². The summed E-state index contributed by atoms with van der Waals surface area (Å²) < 4.78 is 7.94. The van der Waals surface area contributed by atoms with Gasteiger partial charge < -0.3 is 14.2 Å². The average molecular weight is 865 g/mol. The molecule has 0 saturated carbocycles. The Morgan fingerprint density at radius 3 is 1.83 bits per heavy atom. The fourth-order valence-electron chi connectivity index (χ4n) is 10.5. The second-order valence-electron chi connectivity index (χ2n) is 21.6. The summed E-state index contributed by atoms with van der Waals surface area (Å²) in [4.78, 5) is 5.21. The van der Waals surface area contributed by atoms with E-state index in [2.05, 4.69) is 225 Å². The molecule has 322 valence electrons. The van der Waals surface area contributed by atoms with E-state index in [0.717, 1.165) is 28.0 Å². The first-order chi connectivity index (χ1) is 31.0. The lowest BCUT2D eigenvalue weighted by molar-refractivity contribution is 0.589. The number of anilines is 6. The van der Waals surface area contributed by atoms with Gasteiger partial charge in [-0.3, -0.25) is 0 Å². The van der Waals surface area contributed by atoms with Crippen LogP contribution < -0.4 is 26.2 Å². The third kappa shape index (κ3) is 6.68. The van der Waals surface area contributed by atoms with Crippen LogP contribution in [0, 0.1) is 13.8 Å². The van der Waals surface area contributed by atoms with Crippen molar-refractivity contribution in [2.45, 2.75) is 92.4 Å². The van der Waals surface area contributed by atoms with Crippen molar-refractivity contribution in [2.75, 3.05) is 9.80 Å². The van der Waals surface area contributed by atoms with E-state index in [4.69, 9.17) is 4.42 Å². The molecular formula is C60H57BN2OS. The summed E-state index contributed by atoms with van der Waals surface area (Å²) in [7, 11) is 0. The van der Waals surface area contributed by atoms with Gasteiger partial charge in [0, 0.05) is 38.3 Å². The molecule has 0 N–H and O–H groups in total. The molecule has 0 aliphatic carbocycles. The molecule has 0 amide bonds. The van der Waals surface area contributed by atoms with Crippen LogP contribution in [0.3, 0.4) is 0 Å². The van der Waals surface area contributed by atoms with Crippen LogP contribution in [0.15, 0.2) is 150 Å². The van der Waals surface area contributed by atoms with E-state index in [0.29, 0.717) is 0 Å². The van der Waals surface area contributed by atoms with Gasteiger partial charge in [0.1, 0.15) is 11.3 Å². The van der Waals surface area contributed by atoms with Crippen LogP contribution in [-0.4, -0.2) is 6.71 Å². The van der Waals surface area contributed by atoms with E-state index < -0.39 is 0 Å². The fraction of sp³-hybridized carbons (Fsp3) is 0.233. The van der Waals surface area contributed by atoms with Crippen molar-refractivity contribution in [3.63, 3.8) is 0 Å². The van der Waals surface area contributed by atoms with Crippen molar-refractivity contribution in [3.8, 4) is 22.5 Å². The normalized spacial score (nSPS) is 13.7. The maximum atomic E-state index is 6.62.